The van der Waals surface area contributed by atoms with Crippen molar-refractivity contribution in [2.75, 3.05) is 19.6 Å². The summed E-state index contributed by atoms with van der Waals surface area (Å²) in [5.74, 6) is 0. The first-order valence-electron chi connectivity index (χ1n) is 3.78. The van der Waals surface area contributed by atoms with Crippen molar-refractivity contribution in [3.05, 3.63) is 0 Å². The van der Waals surface area contributed by atoms with Crippen molar-refractivity contribution < 1.29 is 18.1 Å². The number of hydrogen-bond donors (Lipinski definition) is 2. The first-order valence-corrected chi connectivity index (χ1v) is 5.28. The number of nitrogens with zero attached hydrogens (tertiary/aromatic N) is 1. The molecule has 0 aliphatic rings. The zero-order chi connectivity index (χ0) is 9.78. The van der Waals surface area contributed by atoms with Gasteiger partial charge < -0.3 is 10.0 Å². The van der Waals surface area contributed by atoms with Crippen molar-refractivity contribution in [3.63, 3.8) is 0 Å². The van der Waals surface area contributed by atoms with Gasteiger partial charge in [0.1, 0.15) is 0 Å². The Morgan fingerprint density at radius 2 is 1.69 bits per heavy atom. The maximum atomic E-state index is 10.4. The van der Waals surface area contributed by atoms with E-state index in [4.69, 9.17) is 9.66 Å². The molecule has 2 N–H and O–H groups in total. The van der Waals surface area contributed by atoms with Crippen LogP contribution in [0.5, 0.6) is 0 Å². The van der Waals surface area contributed by atoms with Gasteiger partial charge in [-0.15, -0.1) is 0 Å². The Labute approximate surface area is 101 Å². The Bertz CT molecular complexity index is 215. The zero-order valence-electron chi connectivity index (χ0n) is 7.27. The van der Waals surface area contributed by atoms with Crippen LogP contribution in [0, 0.1) is 0 Å². The fraction of sp³-hybridized carbons (Fsp3) is 1.00. The Morgan fingerprint density at radius 1 is 1.31 bits per heavy atom. The molecule has 0 spiro atoms. The van der Waals surface area contributed by atoms with Gasteiger partial charge in [-0.25, -0.2) is 0 Å². The minimum absolute atomic E-state index is 0. The molecule has 0 aromatic heterocycles. The van der Waals surface area contributed by atoms with Crippen LogP contribution in [0.2, 0.25) is 0 Å². The van der Waals surface area contributed by atoms with E-state index >= 15 is 0 Å². The molecule has 1 atom stereocenters. The summed E-state index contributed by atoms with van der Waals surface area (Å²) in [4.78, 5) is 1.71. The van der Waals surface area contributed by atoms with E-state index in [1.54, 1.807) is 4.90 Å². The van der Waals surface area contributed by atoms with Gasteiger partial charge in [0.25, 0.3) is 10.1 Å². The van der Waals surface area contributed by atoms with Crippen LogP contribution in [0.15, 0.2) is 0 Å². The van der Waals surface area contributed by atoms with Crippen molar-refractivity contribution in [2.45, 2.75) is 19.3 Å². The summed E-state index contributed by atoms with van der Waals surface area (Å²) >= 11 is 0. The first kappa shape index (κ1) is 16.3. The quantitative estimate of drug-likeness (QED) is 0.454. The molecule has 0 aliphatic heterocycles. The van der Waals surface area contributed by atoms with Crippen LogP contribution in [-0.4, -0.2) is 77.6 Å². The van der Waals surface area contributed by atoms with Gasteiger partial charge in [0.15, 0.2) is 5.44 Å². The molecule has 0 aromatic carbocycles. The second-order valence-corrected chi connectivity index (χ2v) is 4.03. The normalized spacial score (nSPS) is 13.9. The summed E-state index contributed by atoms with van der Waals surface area (Å²) in [6.07, 6.45) is 0. The average Bonchev–Trinajstić information content (AvgIpc) is 1.97. The summed E-state index contributed by atoms with van der Waals surface area (Å²) < 4.78 is 29.2. The third-order valence-corrected chi connectivity index (χ3v) is 2.49. The van der Waals surface area contributed by atoms with E-state index < -0.39 is 15.6 Å². The molecule has 13 heavy (non-hydrogen) atoms. The van der Waals surface area contributed by atoms with E-state index in [2.05, 4.69) is 0 Å². The molecule has 0 aromatic rings. The van der Waals surface area contributed by atoms with Gasteiger partial charge in [-0.05, 0) is 13.1 Å². The van der Waals surface area contributed by atoms with E-state index in [1.165, 1.54) is 0 Å². The molecule has 1 unspecified atom stereocenters. The fourth-order valence-corrected chi connectivity index (χ4v) is 1.20. The molecule has 0 rings (SSSR count). The molecule has 76 valence electrons. The number of aliphatic hydroxyl groups excluding tert-OH is 1. The van der Waals surface area contributed by atoms with Gasteiger partial charge in [0.2, 0.25) is 0 Å². The summed E-state index contributed by atoms with van der Waals surface area (Å²) in [6, 6.07) is 0. The molecular weight excluding hydrogens is 205 g/mol. The summed E-state index contributed by atoms with van der Waals surface area (Å²) in [7, 11) is -4.30. The molecule has 5 nitrogen and oxygen atoms in total. The summed E-state index contributed by atoms with van der Waals surface area (Å²) in [5, 5.41) is 8.94. The fourth-order valence-electron chi connectivity index (χ4n) is 0.797. The van der Waals surface area contributed by atoms with Crippen LogP contribution in [0.1, 0.15) is 13.8 Å². The number of likely N-dealkylation sites (N-methyl/N-ethyl adjacent to an activating group) is 1. The van der Waals surface area contributed by atoms with Crippen molar-refractivity contribution in [2.24, 2.45) is 0 Å². The SMILES string of the molecule is CCN(CC)CC(O)S(=O)(=O)O.[NaH]. The molecule has 0 bridgehead atoms. The van der Waals surface area contributed by atoms with Crippen molar-refractivity contribution >= 4 is 39.7 Å². The molecule has 0 heterocycles. The van der Waals surface area contributed by atoms with Crippen molar-refractivity contribution in [1.82, 2.24) is 4.90 Å². The predicted octanol–water partition coefficient (Wildman–Crippen LogP) is -1.11. The second-order valence-electron chi connectivity index (χ2n) is 2.46. The Balaban J connectivity index is 0. The Hall–Kier alpha value is 0.830. The van der Waals surface area contributed by atoms with Crippen LogP contribution in [0.25, 0.3) is 0 Å². The molecule has 0 amide bonds. The third kappa shape index (κ3) is 6.84. The molecule has 7 heteroatoms. The predicted molar refractivity (Wildman–Crippen MR) is 52.5 cm³/mol. The molecule has 0 fully saturated rings. The molecule has 0 saturated carbocycles. The number of hydrogen-bond acceptors (Lipinski definition) is 4. The Kier molecular flexibility index (Phi) is 8.97. The monoisotopic (exact) mass is 221 g/mol. The van der Waals surface area contributed by atoms with E-state index in [-0.39, 0.29) is 36.1 Å². The Morgan fingerprint density at radius 3 is 1.92 bits per heavy atom. The van der Waals surface area contributed by atoms with Gasteiger partial charge in [0.05, 0.1) is 0 Å². The molecular formula is C6H16NNaO4S. The first-order chi connectivity index (χ1) is 5.41. The molecule has 0 aliphatic carbocycles. The van der Waals surface area contributed by atoms with E-state index in [1.807, 2.05) is 13.8 Å². The van der Waals surface area contributed by atoms with Crippen molar-refractivity contribution in [3.8, 4) is 0 Å². The van der Waals surface area contributed by atoms with E-state index in [9.17, 15) is 8.42 Å². The van der Waals surface area contributed by atoms with Crippen LogP contribution in [-0.2, 0) is 10.1 Å². The van der Waals surface area contributed by atoms with Gasteiger partial charge in [-0.3, -0.25) is 4.55 Å². The van der Waals surface area contributed by atoms with E-state index in [0.29, 0.717) is 13.1 Å². The van der Waals surface area contributed by atoms with Gasteiger partial charge in [0, 0.05) is 6.54 Å². The van der Waals surface area contributed by atoms with Crippen molar-refractivity contribution in [1.29, 1.82) is 0 Å². The zero-order valence-corrected chi connectivity index (χ0v) is 8.08. The van der Waals surface area contributed by atoms with Crippen LogP contribution in [0.4, 0.5) is 0 Å². The summed E-state index contributed by atoms with van der Waals surface area (Å²) in [5.41, 5.74) is -1.70. The maximum absolute atomic E-state index is 10.4. The van der Waals surface area contributed by atoms with Crippen LogP contribution in [0.3, 0.4) is 0 Å². The average molecular weight is 221 g/mol. The molecule has 0 radical (unpaired) electrons. The minimum atomic E-state index is -4.30. The summed E-state index contributed by atoms with van der Waals surface area (Å²) in [6.45, 7) is 4.93. The topological polar surface area (TPSA) is 77.8 Å². The van der Waals surface area contributed by atoms with Crippen LogP contribution >= 0.6 is 0 Å². The van der Waals surface area contributed by atoms with Gasteiger partial charge in [-0.1, -0.05) is 13.8 Å². The molecule has 0 saturated heterocycles. The third-order valence-electron chi connectivity index (χ3n) is 1.65. The van der Waals surface area contributed by atoms with Crippen LogP contribution < -0.4 is 0 Å². The van der Waals surface area contributed by atoms with E-state index in [0.717, 1.165) is 0 Å². The van der Waals surface area contributed by atoms with Gasteiger partial charge in [-0.2, -0.15) is 8.42 Å². The number of rotatable bonds is 5. The second kappa shape index (κ2) is 7.17. The number of aliphatic hydroxyl groups is 1. The standard InChI is InChI=1S/C6H15NO4S.Na.H/c1-3-7(4-2)5-6(8)12(9,10)11;;/h6,8H,3-5H2,1-2H3,(H,9,10,11);;. The van der Waals surface area contributed by atoms with Gasteiger partial charge >= 0.3 is 29.6 Å².